The summed E-state index contributed by atoms with van der Waals surface area (Å²) in [4.78, 5) is 0. The van der Waals surface area contributed by atoms with Gasteiger partial charge in [-0.05, 0) is 31.1 Å². The van der Waals surface area contributed by atoms with Crippen molar-refractivity contribution < 1.29 is 13.2 Å². The molecule has 0 aromatic heterocycles. The number of hydrogen-bond acceptors (Lipinski definition) is 0. The molecule has 3 heteroatoms. The number of hydrogen-bond donors (Lipinski definition) is 0. The Labute approximate surface area is 69.1 Å². The van der Waals surface area contributed by atoms with Crippen LogP contribution in [0.1, 0.15) is 20.3 Å². The average molecular weight is 174 g/mol. The third kappa shape index (κ3) is 1.80. The predicted octanol–water partition coefficient (Wildman–Crippen LogP) is 3.37. The summed E-state index contributed by atoms with van der Waals surface area (Å²) in [7, 11) is 0. The maximum atomic E-state index is 12.2. The van der Waals surface area contributed by atoms with E-state index in [1.54, 1.807) is 6.92 Å². The van der Waals surface area contributed by atoms with Crippen LogP contribution in [0, 0.1) is 0 Å². The van der Waals surface area contributed by atoms with Crippen LogP contribution in [0.3, 0.4) is 0 Å². The zero-order chi connectivity index (χ0) is 9.35. The van der Waals surface area contributed by atoms with E-state index in [-0.39, 0.29) is 12.0 Å². The Kier molecular flexibility index (Phi) is 2.16. The monoisotopic (exact) mass is 174 g/mol. The normalized spacial score (nSPS) is 18.2. The van der Waals surface area contributed by atoms with Gasteiger partial charge in [0.2, 0.25) is 0 Å². The highest BCUT2D eigenvalue weighted by atomic mass is 19.4. The minimum absolute atomic E-state index is 0.0220. The minimum atomic E-state index is -4.19. The van der Waals surface area contributed by atoms with Gasteiger partial charge < -0.3 is 0 Å². The highest BCUT2D eigenvalue weighted by molar-refractivity contribution is 5.34. The summed E-state index contributed by atoms with van der Waals surface area (Å²) in [6.07, 6.45) is -2.82. The van der Waals surface area contributed by atoms with Crippen LogP contribution in [0.2, 0.25) is 0 Å². The number of halogens is 3. The molecule has 12 heavy (non-hydrogen) atoms. The van der Waals surface area contributed by atoms with Gasteiger partial charge in [-0.15, -0.1) is 5.73 Å². The maximum absolute atomic E-state index is 12.2. The second kappa shape index (κ2) is 2.83. The van der Waals surface area contributed by atoms with E-state index in [9.17, 15) is 13.2 Å². The standard InChI is InChI=1S/C9H9F3/c1-6-3-4-7(2)8(5-6)9(10,11)12/h4H,5H2,1-2H3. The number of allylic oxidation sites excluding steroid dienone is 3. The van der Waals surface area contributed by atoms with Crippen molar-refractivity contribution >= 4 is 0 Å². The molecule has 0 fully saturated rings. The van der Waals surface area contributed by atoms with E-state index >= 15 is 0 Å². The van der Waals surface area contributed by atoms with Crippen molar-refractivity contribution in [3.05, 3.63) is 28.5 Å². The van der Waals surface area contributed by atoms with Crippen molar-refractivity contribution in [2.75, 3.05) is 0 Å². The fourth-order valence-corrected chi connectivity index (χ4v) is 1.10. The molecule has 0 saturated carbocycles. The van der Waals surface area contributed by atoms with E-state index in [0.717, 1.165) is 0 Å². The second-order valence-electron chi connectivity index (χ2n) is 2.91. The first kappa shape index (κ1) is 9.14. The molecule has 1 aliphatic carbocycles. The van der Waals surface area contributed by atoms with Crippen LogP contribution in [0.15, 0.2) is 28.5 Å². The average Bonchev–Trinajstić information content (AvgIpc) is 1.92. The third-order valence-electron chi connectivity index (χ3n) is 1.80. The smallest absolute Gasteiger partial charge is 0.166 e. The summed E-state index contributed by atoms with van der Waals surface area (Å²) in [6.45, 7) is 3.11. The molecule has 0 nitrogen and oxygen atoms in total. The summed E-state index contributed by atoms with van der Waals surface area (Å²) in [6, 6.07) is 0. The lowest BCUT2D eigenvalue weighted by Gasteiger charge is -2.15. The second-order valence-corrected chi connectivity index (χ2v) is 2.91. The first-order chi connectivity index (χ1) is 5.41. The molecular weight excluding hydrogens is 165 g/mol. The van der Waals surface area contributed by atoms with Crippen LogP contribution < -0.4 is 0 Å². The fourth-order valence-electron chi connectivity index (χ4n) is 1.10. The summed E-state index contributed by atoms with van der Waals surface area (Å²) < 4.78 is 36.7. The van der Waals surface area contributed by atoms with Gasteiger partial charge in [0, 0.05) is 12.0 Å². The van der Waals surface area contributed by atoms with E-state index in [4.69, 9.17) is 0 Å². The predicted molar refractivity (Wildman–Crippen MR) is 40.6 cm³/mol. The topological polar surface area (TPSA) is 0 Å². The van der Waals surface area contributed by atoms with Crippen LogP contribution in [-0.4, -0.2) is 6.18 Å². The maximum Gasteiger partial charge on any atom is 0.413 e. The largest absolute Gasteiger partial charge is 0.413 e. The van der Waals surface area contributed by atoms with Gasteiger partial charge in [-0.2, -0.15) is 13.2 Å². The lowest BCUT2D eigenvalue weighted by atomic mass is 9.97. The van der Waals surface area contributed by atoms with E-state index in [0.29, 0.717) is 5.57 Å². The third-order valence-corrected chi connectivity index (χ3v) is 1.80. The number of alkyl halides is 3. The molecule has 0 radical (unpaired) electrons. The zero-order valence-electron chi connectivity index (χ0n) is 6.92. The molecule has 1 aliphatic rings. The van der Waals surface area contributed by atoms with Gasteiger partial charge in [-0.1, -0.05) is 0 Å². The highest BCUT2D eigenvalue weighted by Crippen LogP contribution is 2.34. The molecule has 0 aromatic rings. The van der Waals surface area contributed by atoms with E-state index in [1.807, 2.05) is 0 Å². The van der Waals surface area contributed by atoms with E-state index in [2.05, 4.69) is 5.73 Å². The molecule has 0 saturated heterocycles. The number of rotatable bonds is 0. The van der Waals surface area contributed by atoms with Crippen LogP contribution in [0.25, 0.3) is 0 Å². The van der Waals surface area contributed by atoms with Gasteiger partial charge in [0.25, 0.3) is 0 Å². The van der Waals surface area contributed by atoms with E-state index in [1.165, 1.54) is 13.0 Å². The summed E-state index contributed by atoms with van der Waals surface area (Å²) in [5.41, 5.74) is 3.23. The van der Waals surface area contributed by atoms with Crippen molar-refractivity contribution in [3.8, 4) is 0 Å². The lowest BCUT2D eigenvalue weighted by molar-refractivity contribution is -0.0938. The molecule has 1 rings (SSSR count). The van der Waals surface area contributed by atoms with Crippen molar-refractivity contribution in [1.82, 2.24) is 0 Å². The molecule has 0 atom stereocenters. The Morgan fingerprint density at radius 1 is 1.33 bits per heavy atom. The quantitative estimate of drug-likeness (QED) is 0.494. The van der Waals surface area contributed by atoms with Gasteiger partial charge in [-0.3, -0.25) is 0 Å². The molecule has 0 amide bonds. The van der Waals surface area contributed by atoms with E-state index < -0.39 is 11.7 Å². The Morgan fingerprint density at radius 3 is 2.33 bits per heavy atom. The Hall–Kier alpha value is -0.950. The molecule has 0 spiro atoms. The van der Waals surface area contributed by atoms with Crippen molar-refractivity contribution in [3.63, 3.8) is 0 Å². The Bertz CT molecular complexity index is 285. The van der Waals surface area contributed by atoms with Crippen LogP contribution in [-0.2, 0) is 0 Å². The zero-order valence-corrected chi connectivity index (χ0v) is 6.92. The SMILES string of the molecule is CC1=C=CC(C)=C(C(F)(F)F)C1. The molecule has 0 N–H and O–H groups in total. The molecule has 0 heterocycles. The Morgan fingerprint density at radius 2 is 1.92 bits per heavy atom. The Balaban J connectivity index is 3.04. The fraction of sp³-hybridized carbons (Fsp3) is 0.444. The van der Waals surface area contributed by atoms with Gasteiger partial charge in [0.15, 0.2) is 0 Å². The highest BCUT2D eigenvalue weighted by Gasteiger charge is 2.35. The summed E-state index contributed by atoms with van der Waals surface area (Å²) >= 11 is 0. The molecule has 66 valence electrons. The summed E-state index contributed by atoms with van der Waals surface area (Å²) in [5, 5.41) is 0. The van der Waals surface area contributed by atoms with Gasteiger partial charge in [-0.25, -0.2) is 0 Å². The molecular formula is C9H9F3. The molecule has 0 aliphatic heterocycles. The first-order valence-corrected chi connectivity index (χ1v) is 3.60. The minimum Gasteiger partial charge on any atom is -0.166 e. The van der Waals surface area contributed by atoms with Gasteiger partial charge in [0.1, 0.15) is 0 Å². The van der Waals surface area contributed by atoms with Crippen LogP contribution >= 0.6 is 0 Å². The van der Waals surface area contributed by atoms with Gasteiger partial charge in [0.05, 0.1) is 0 Å². The van der Waals surface area contributed by atoms with Crippen LogP contribution in [0.4, 0.5) is 13.2 Å². The van der Waals surface area contributed by atoms with Crippen molar-refractivity contribution in [1.29, 1.82) is 0 Å². The molecule has 0 unspecified atom stereocenters. The first-order valence-electron chi connectivity index (χ1n) is 3.60. The molecule has 0 aromatic carbocycles. The molecule has 0 bridgehead atoms. The van der Waals surface area contributed by atoms with Gasteiger partial charge >= 0.3 is 6.18 Å². The lowest BCUT2D eigenvalue weighted by Crippen LogP contribution is -2.14. The summed E-state index contributed by atoms with van der Waals surface area (Å²) in [5.74, 6) is 0. The van der Waals surface area contributed by atoms with Crippen molar-refractivity contribution in [2.24, 2.45) is 0 Å². The van der Waals surface area contributed by atoms with Crippen molar-refractivity contribution in [2.45, 2.75) is 26.4 Å². The van der Waals surface area contributed by atoms with Crippen LogP contribution in [0.5, 0.6) is 0 Å².